The van der Waals surface area contributed by atoms with Crippen molar-refractivity contribution in [1.82, 2.24) is 20.5 Å². The van der Waals surface area contributed by atoms with Crippen LogP contribution in [-0.2, 0) is 0 Å². The summed E-state index contributed by atoms with van der Waals surface area (Å²) in [6.07, 6.45) is 1.40. The van der Waals surface area contributed by atoms with Crippen molar-refractivity contribution < 1.29 is 22.8 Å². The first-order chi connectivity index (χ1) is 16.9. The SMILES string of the molecule is Cc1nc(C(=O)N2CCNCC2CNC(=O)c2cc(F)cc3ccoc23)c(-c2ccc(F)cc2)s1. The molecule has 1 aliphatic heterocycles. The molecule has 2 aromatic carbocycles. The lowest BCUT2D eigenvalue weighted by Gasteiger charge is -2.36. The largest absolute Gasteiger partial charge is 0.464 e. The molecule has 0 bridgehead atoms. The van der Waals surface area contributed by atoms with Crippen LogP contribution in [0.4, 0.5) is 8.78 Å². The lowest BCUT2D eigenvalue weighted by Crippen LogP contribution is -2.57. The molecule has 3 heterocycles. The molecule has 10 heteroatoms. The highest BCUT2D eigenvalue weighted by Crippen LogP contribution is 2.31. The monoisotopic (exact) mass is 496 g/mol. The number of nitrogens with zero attached hydrogens (tertiary/aromatic N) is 2. The Labute approximate surface area is 203 Å². The summed E-state index contributed by atoms with van der Waals surface area (Å²) < 4.78 is 32.8. The topological polar surface area (TPSA) is 87.5 Å². The van der Waals surface area contributed by atoms with Gasteiger partial charge in [-0.3, -0.25) is 9.59 Å². The summed E-state index contributed by atoms with van der Waals surface area (Å²) in [5.41, 5.74) is 1.43. The number of hydrogen-bond donors (Lipinski definition) is 2. The van der Waals surface area contributed by atoms with Gasteiger partial charge in [-0.2, -0.15) is 0 Å². The minimum Gasteiger partial charge on any atom is -0.464 e. The van der Waals surface area contributed by atoms with Gasteiger partial charge in [-0.1, -0.05) is 12.1 Å². The quantitative estimate of drug-likeness (QED) is 0.436. The maximum Gasteiger partial charge on any atom is 0.274 e. The number of carbonyl (C=O) groups is 2. The van der Waals surface area contributed by atoms with E-state index in [1.807, 2.05) is 6.92 Å². The Morgan fingerprint density at radius 1 is 1.20 bits per heavy atom. The van der Waals surface area contributed by atoms with E-state index in [4.69, 9.17) is 4.42 Å². The second-order valence-electron chi connectivity index (χ2n) is 8.28. The molecule has 7 nitrogen and oxygen atoms in total. The molecule has 5 rings (SSSR count). The van der Waals surface area contributed by atoms with Crippen molar-refractivity contribution in [3.8, 4) is 10.4 Å². The first kappa shape index (κ1) is 23.1. The predicted octanol–water partition coefficient (Wildman–Crippen LogP) is 3.99. The second-order valence-corrected chi connectivity index (χ2v) is 9.48. The Hall–Kier alpha value is -3.63. The standard InChI is InChI=1S/C25H22F2N4O3S/c1-14-30-21(23(35-14)15-2-4-17(26)5-3-15)25(33)31-8-7-28-12-19(31)13-29-24(32)20-11-18(27)10-16-6-9-34-22(16)20/h2-6,9-11,19,28H,7-8,12-13H2,1H3,(H,29,32). The van der Waals surface area contributed by atoms with Crippen LogP contribution in [-0.4, -0.2) is 53.9 Å². The van der Waals surface area contributed by atoms with Gasteiger partial charge < -0.3 is 20.0 Å². The molecule has 4 aromatic rings. The summed E-state index contributed by atoms with van der Waals surface area (Å²) in [5.74, 6) is -1.63. The van der Waals surface area contributed by atoms with Crippen LogP contribution in [0.2, 0.25) is 0 Å². The zero-order chi connectivity index (χ0) is 24.5. The van der Waals surface area contributed by atoms with Gasteiger partial charge in [0.2, 0.25) is 0 Å². The van der Waals surface area contributed by atoms with Crippen molar-refractivity contribution >= 4 is 34.1 Å². The Morgan fingerprint density at radius 2 is 2.00 bits per heavy atom. The van der Waals surface area contributed by atoms with Gasteiger partial charge in [0.15, 0.2) is 0 Å². The molecule has 1 aliphatic rings. The lowest BCUT2D eigenvalue weighted by atomic mass is 10.1. The molecule has 1 atom stereocenters. The number of aromatic nitrogens is 1. The summed E-state index contributed by atoms with van der Waals surface area (Å²) >= 11 is 1.37. The van der Waals surface area contributed by atoms with Crippen LogP contribution >= 0.6 is 11.3 Å². The number of furan rings is 1. The minimum atomic E-state index is -0.535. The maximum atomic E-state index is 14.0. The number of thiazole rings is 1. The molecule has 1 saturated heterocycles. The molecule has 1 fully saturated rings. The van der Waals surface area contributed by atoms with E-state index in [9.17, 15) is 18.4 Å². The van der Waals surface area contributed by atoms with Crippen molar-refractivity contribution in [2.75, 3.05) is 26.2 Å². The van der Waals surface area contributed by atoms with Crippen LogP contribution in [0.3, 0.4) is 0 Å². The molecule has 2 N–H and O–H groups in total. The Kier molecular flexibility index (Phi) is 6.31. The highest BCUT2D eigenvalue weighted by atomic mass is 32.1. The highest BCUT2D eigenvalue weighted by molar-refractivity contribution is 7.15. The fourth-order valence-corrected chi connectivity index (χ4v) is 5.15. The van der Waals surface area contributed by atoms with Crippen LogP contribution in [0.5, 0.6) is 0 Å². The van der Waals surface area contributed by atoms with Gasteiger partial charge in [0, 0.05) is 31.6 Å². The number of aryl methyl sites for hydroxylation is 1. The van der Waals surface area contributed by atoms with Crippen molar-refractivity contribution in [3.63, 3.8) is 0 Å². The first-order valence-electron chi connectivity index (χ1n) is 11.1. The summed E-state index contributed by atoms with van der Waals surface area (Å²) in [6, 6.07) is 9.64. The van der Waals surface area contributed by atoms with Gasteiger partial charge in [-0.15, -0.1) is 11.3 Å². The normalized spacial score (nSPS) is 16.0. The first-order valence-corrected chi connectivity index (χ1v) is 11.9. The van der Waals surface area contributed by atoms with E-state index >= 15 is 0 Å². The van der Waals surface area contributed by atoms with E-state index in [-0.39, 0.29) is 29.9 Å². The summed E-state index contributed by atoms with van der Waals surface area (Å²) in [6.45, 7) is 3.48. The molecule has 2 aromatic heterocycles. The number of carbonyl (C=O) groups excluding carboxylic acids is 2. The van der Waals surface area contributed by atoms with E-state index in [0.717, 1.165) is 11.1 Å². The fourth-order valence-electron chi connectivity index (χ4n) is 4.24. The zero-order valence-corrected chi connectivity index (χ0v) is 19.6. The van der Waals surface area contributed by atoms with Gasteiger partial charge in [0.25, 0.3) is 11.8 Å². The fraction of sp³-hybridized carbons (Fsp3) is 0.240. The van der Waals surface area contributed by atoms with Gasteiger partial charge in [0.05, 0.1) is 27.8 Å². The van der Waals surface area contributed by atoms with Crippen LogP contribution in [0.25, 0.3) is 21.4 Å². The summed E-state index contributed by atoms with van der Waals surface area (Å²) in [7, 11) is 0. The Bertz CT molecular complexity index is 1400. The molecule has 180 valence electrons. The number of amides is 2. The highest BCUT2D eigenvalue weighted by Gasteiger charge is 2.31. The van der Waals surface area contributed by atoms with E-state index in [1.165, 1.54) is 35.8 Å². The van der Waals surface area contributed by atoms with E-state index in [2.05, 4.69) is 15.6 Å². The zero-order valence-electron chi connectivity index (χ0n) is 18.8. The average Bonchev–Trinajstić information content (AvgIpc) is 3.48. The van der Waals surface area contributed by atoms with Crippen LogP contribution in [0.1, 0.15) is 25.9 Å². The maximum absolute atomic E-state index is 14.0. The number of piperazine rings is 1. The lowest BCUT2D eigenvalue weighted by molar-refractivity contribution is 0.0620. The van der Waals surface area contributed by atoms with Crippen LogP contribution in [0, 0.1) is 18.6 Å². The molecule has 35 heavy (non-hydrogen) atoms. The number of benzene rings is 2. The molecule has 0 spiro atoms. The number of hydrogen-bond acceptors (Lipinski definition) is 6. The van der Waals surface area contributed by atoms with Gasteiger partial charge in [-0.05, 0) is 42.8 Å². The van der Waals surface area contributed by atoms with E-state index in [1.54, 1.807) is 23.1 Å². The third-order valence-electron chi connectivity index (χ3n) is 5.91. The predicted molar refractivity (Wildman–Crippen MR) is 128 cm³/mol. The molecular weight excluding hydrogens is 474 g/mol. The van der Waals surface area contributed by atoms with Crippen LogP contribution < -0.4 is 10.6 Å². The van der Waals surface area contributed by atoms with Gasteiger partial charge in [-0.25, -0.2) is 13.8 Å². The molecule has 0 saturated carbocycles. The smallest absolute Gasteiger partial charge is 0.274 e. The Morgan fingerprint density at radius 3 is 2.80 bits per heavy atom. The van der Waals surface area contributed by atoms with Crippen LogP contribution in [0.15, 0.2) is 53.1 Å². The third kappa shape index (κ3) is 4.67. The molecule has 0 radical (unpaired) electrons. The van der Waals surface area contributed by atoms with E-state index in [0.29, 0.717) is 46.7 Å². The van der Waals surface area contributed by atoms with Gasteiger partial charge >= 0.3 is 0 Å². The van der Waals surface area contributed by atoms with Crippen molar-refractivity contribution in [1.29, 1.82) is 0 Å². The van der Waals surface area contributed by atoms with Crippen molar-refractivity contribution in [3.05, 3.63) is 76.6 Å². The summed E-state index contributed by atoms with van der Waals surface area (Å²) in [4.78, 5) is 33.3. The van der Waals surface area contributed by atoms with Crippen molar-refractivity contribution in [2.45, 2.75) is 13.0 Å². The second kappa shape index (κ2) is 9.55. The molecule has 1 unspecified atom stereocenters. The third-order valence-corrected chi connectivity index (χ3v) is 6.93. The molecule has 2 amide bonds. The van der Waals surface area contributed by atoms with E-state index < -0.39 is 11.7 Å². The number of nitrogens with one attached hydrogen (secondary N) is 2. The number of halogens is 2. The molecule has 0 aliphatic carbocycles. The van der Waals surface area contributed by atoms with Gasteiger partial charge in [0.1, 0.15) is 22.9 Å². The Balaban J connectivity index is 1.36. The average molecular weight is 497 g/mol. The number of fused-ring (bicyclic) bond motifs is 1. The van der Waals surface area contributed by atoms with Crippen molar-refractivity contribution in [2.24, 2.45) is 0 Å². The number of rotatable bonds is 5. The molecular formula is C25H22F2N4O3S. The summed E-state index contributed by atoms with van der Waals surface area (Å²) in [5, 5.41) is 7.28. The minimum absolute atomic E-state index is 0.0976.